The molecule has 0 atom stereocenters. The highest BCUT2D eigenvalue weighted by Gasteiger charge is 2.19. The Hall–Kier alpha value is -2.20. The molecular weight excluding hydrogens is 258 g/mol. The quantitative estimate of drug-likeness (QED) is 0.842. The molecule has 0 aliphatic carbocycles. The Labute approximate surface area is 117 Å². The largest absolute Gasteiger partial charge is 0.481 e. The summed E-state index contributed by atoms with van der Waals surface area (Å²) >= 11 is 0. The Bertz CT molecular complexity index is 532. The number of hydrogen-bond donors (Lipinski definition) is 1. The molecule has 0 unspecified atom stereocenters. The van der Waals surface area contributed by atoms with Crippen molar-refractivity contribution < 1.29 is 9.90 Å². The average molecular weight is 275 g/mol. The molecule has 1 aromatic rings. The van der Waals surface area contributed by atoms with Crippen LogP contribution in [0.5, 0.6) is 0 Å². The van der Waals surface area contributed by atoms with E-state index in [1.807, 2.05) is 17.9 Å². The predicted octanol–water partition coefficient (Wildman–Crippen LogP) is 0.253. The van der Waals surface area contributed by atoms with Crippen molar-refractivity contribution in [2.45, 2.75) is 13.3 Å². The smallest absolute Gasteiger partial charge is 0.304 e. The number of anilines is 1. The molecule has 1 N–H and O–H groups in total. The zero-order valence-electron chi connectivity index (χ0n) is 11.4. The molecule has 1 aliphatic heterocycles. The number of carboxylic acid groups (broad SMARTS) is 1. The van der Waals surface area contributed by atoms with E-state index in [2.05, 4.69) is 14.9 Å². The van der Waals surface area contributed by atoms with Crippen molar-refractivity contribution in [1.82, 2.24) is 14.9 Å². The third-order valence-electron chi connectivity index (χ3n) is 3.25. The maximum atomic E-state index is 10.5. The van der Waals surface area contributed by atoms with Crippen molar-refractivity contribution in [3.8, 4) is 6.07 Å². The van der Waals surface area contributed by atoms with Crippen LogP contribution in [0.3, 0.4) is 0 Å². The highest BCUT2D eigenvalue weighted by atomic mass is 16.4. The fraction of sp³-hybridized carbons (Fsp3) is 0.538. The van der Waals surface area contributed by atoms with Gasteiger partial charge < -0.3 is 10.0 Å². The first-order valence-electron chi connectivity index (χ1n) is 6.53. The number of aryl methyl sites for hydroxylation is 1. The van der Waals surface area contributed by atoms with Gasteiger partial charge in [0.1, 0.15) is 11.8 Å². The third kappa shape index (κ3) is 3.65. The highest BCUT2D eigenvalue weighted by Crippen LogP contribution is 2.13. The monoisotopic (exact) mass is 275 g/mol. The van der Waals surface area contributed by atoms with E-state index in [9.17, 15) is 4.79 Å². The van der Waals surface area contributed by atoms with Gasteiger partial charge in [-0.2, -0.15) is 5.26 Å². The highest BCUT2D eigenvalue weighted by molar-refractivity contribution is 5.66. The number of carbonyl (C=O) groups is 1. The second kappa shape index (κ2) is 6.30. The lowest BCUT2D eigenvalue weighted by molar-refractivity contribution is -0.137. The number of carboxylic acids is 1. The summed E-state index contributed by atoms with van der Waals surface area (Å²) in [4.78, 5) is 23.3. The Morgan fingerprint density at radius 3 is 2.70 bits per heavy atom. The van der Waals surface area contributed by atoms with Crippen LogP contribution >= 0.6 is 0 Å². The Morgan fingerprint density at radius 2 is 2.10 bits per heavy atom. The van der Waals surface area contributed by atoms with Crippen molar-refractivity contribution in [3.63, 3.8) is 0 Å². The molecule has 20 heavy (non-hydrogen) atoms. The molecule has 0 bridgehead atoms. The van der Waals surface area contributed by atoms with Gasteiger partial charge in [-0.05, 0) is 13.0 Å². The van der Waals surface area contributed by atoms with Crippen molar-refractivity contribution in [1.29, 1.82) is 5.26 Å². The molecule has 0 radical (unpaired) electrons. The molecule has 1 saturated heterocycles. The zero-order valence-corrected chi connectivity index (χ0v) is 11.4. The molecule has 7 nitrogen and oxygen atoms in total. The topological polar surface area (TPSA) is 93.4 Å². The number of hydrogen-bond acceptors (Lipinski definition) is 6. The fourth-order valence-electron chi connectivity index (χ4n) is 2.18. The van der Waals surface area contributed by atoms with Crippen molar-refractivity contribution in [2.24, 2.45) is 0 Å². The van der Waals surface area contributed by atoms with Gasteiger partial charge in [0, 0.05) is 38.4 Å². The van der Waals surface area contributed by atoms with Crippen LogP contribution in [-0.4, -0.2) is 58.7 Å². The van der Waals surface area contributed by atoms with Crippen LogP contribution in [0.2, 0.25) is 0 Å². The molecule has 1 aliphatic rings. The molecule has 0 amide bonds. The molecule has 2 rings (SSSR count). The first-order chi connectivity index (χ1) is 9.58. The Balaban J connectivity index is 1.95. The molecule has 1 fully saturated rings. The molecule has 1 aromatic heterocycles. The molecule has 7 heteroatoms. The summed E-state index contributed by atoms with van der Waals surface area (Å²) < 4.78 is 0. The van der Waals surface area contributed by atoms with Gasteiger partial charge in [-0.3, -0.25) is 9.69 Å². The van der Waals surface area contributed by atoms with Gasteiger partial charge in [0.2, 0.25) is 5.95 Å². The number of rotatable bonds is 4. The van der Waals surface area contributed by atoms with E-state index < -0.39 is 5.97 Å². The van der Waals surface area contributed by atoms with E-state index in [1.165, 1.54) is 0 Å². The molecule has 0 saturated carbocycles. The second-order valence-electron chi connectivity index (χ2n) is 4.78. The summed E-state index contributed by atoms with van der Waals surface area (Å²) in [5, 5.41) is 17.6. The molecule has 2 heterocycles. The van der Waals surface area contributed by atoms with Crippen LogP contribution in [0.15, 0.2) is 6.07 Å². The normalized spacial score (nSPS) is 15.9. The first-order valence-corrected chi connectivity index (χ1v) is 6.53. The summed E-state index contributed by atoms with van der Waals surface area (Å²) in [6.07, 6.45) is 0.166. The van der Waals surface area contributed by atoms with Crippen LogP contribution in [-0.2, 0) is 4.79 Å². The number of nitriles is 1. The van der Waals surface area contributed by atoms with Gasteiger partial charge >= 0.3 is 5.97 Å². The minimum Gasteiger partial charge on any atom is -0.481 e. The Morgan fingerprint density at radius 1 is 1.40 bits per heavy atom. The summed E-state index contributed by atoms with van der Waals surface area (Å²) in [6.45, 7) is 5.47. The van der Waals surface area contributed by atoms with Crippen molar-refractivity contribution >= 4 is 11.9 Å². The SMILES string of the molecule is Cc1cc(C#N)nc(N2CCN(CCC(=O)O)CC2)n1. The van der Waals surface area contributed by atoms with E-state index in [0.29, 0.717) is 18.2 Å². The molecular formula is C13H17N5O2. The lowest BCUT2D eigenvalue weighted by atomic mass is 10.3. The van der Waals surface area contributed by atoms with Crippen LogP contribution in [0.1, 0.15) is 17.8 Å². The number of piperazine rings is 1. The van der Waals surface area contributed by atoms with Gasteiger partial charge in [0.15, 0.2) is 0 Å². The Kier molecular flexibility index (Phi) is 4.48. The van der Waals surface area contributed by atoms with E-state index in [0.717, 1.165) is 31.9 Å². The molecule has 106 valence electrons. The van der Waals surface area contributed by atoms with Gasteiger partial charge in [-0.1, -0.05) is 0 Å². The maximum absolute atomic E-state index is 10.5. The first kappa shape index (κ1) is 14.2. The van der Waals surface area contributed by atoms with E-state index in [-0.39, 0.29) is 6.42 Å². The van der Waals surface area contributed by atoms with Gasteiger partial charge in [0.05, 0.1) is 6.42 Å². The lowest BCUT2D eigenvalue weighted by Crippen LogP contribution is -2.47. The number of nitrogens with zero attached hydrogens (tertiary/aromatic N) is 5. The van der Waals surface area contributed by atoms with Crippen LogP contribution in [0.25, 0.3) is 0 Å². The summed E-state index contributed by atoms with van der Waals surface area (Å²) in [7, 11) is 0. The van der Waals surface area contributed by atoms with Gasteiger partial charge in [-0.25, -0.2) is 9.97 Å². The molecule has 0 aromatic carbocycles. The zero-order chi connectivity index (χ0) is 14.5. The van der Waals surface area contributed by atoms with Crippen LogP contribution in [0, 0.1) is 18.3 Å². The number of aromatic nitrogens is 2. The third-order valence-corrected chi connectivity index (χ3v) is 3.25. The van der Waals surface area contributed by atoms with E-state index >= 15 is 0 Å². The molecule has 0 spiro atoms. The van der Waals surface area contributed by atoms with E-state index in [1.54, 1.807) is 6.07 Å². The lowest BCUT2D eigenvalue weighted by Gasteiger charge is -2.34. The summed E-state index contributed by atoms with van der Waals surface area (Å²) in [5.74, 6) is -0.187. The van der Waals surface area contributed by atoms with Crippen LogP contribution in [0.4, 0.5) is 5.95 Å². The predicted molar refractivity (Wildman–Crippen MR) is 72.4 cm³/mol. The minimum atomic E-state index is -0.770. The van der Waals surface area contributed by atoms with Crippen molar-refractivity contribution in [2.75, 3.05) is 37.6 Å². The maximum Gasteiger partial charge on any atom is 0.304 e. The fourth-order valence-corrected chi connectivity index (χ4v) is 2.18. The van der Waals surface area contributed by atoms with Gasteiger partial charge in [0.25, 0.3) is 0 Å². The summed E-state index contributed by atoms with van der Waals surface area (Å²) in [6, 6.07) is 3.69. The second-order valence-corrected chi connectivity index (χ2v) is 4.78. The standard InChI is InChI=1S/C13H17N5O2/c1-10-8-11(9-14)16-13(15-10)18-6-4-17(5-7-18)3-2-12(19)20/h8H,2-7H2,1H3,(H,19,20). The summed E-state index contributed by atoms with van der Waals surface area (Å²) in [5.41, 5.74) is 1.15. The van der Waals surface area contributed by atoms with Crippen molar-refractivity contribution in [3.05, 3.63) is 17.5 Å². The van der Waals surface area contributed by atoms with Gasteiger partial charge in [-0.15, -0.1) is 0 Å². The number of aliphatic carboxylic acids is 1. The minimum absolute atomic E-state index is 0.166. The van der Waals surface area contributed by atoms with Crippen LogP contribution < -0.4 is 4.90 Å². The average Bonchev–Trinajstić information content (AvgIpc) is 2.45. The van der Waals surface area contributed by atoms with E-state index in [4.69, 9.17) is 10.4 Å².